The summed E-state index contributed by atoms with van der Waals surface area (Å²) in [5, 5.41) is 0. The lowest BCUT2D eigenvalue weighted by atomic mass is 10.6. The molecule has 0 saturated heterocycles. The van der Waals surface area contributed by atoms with Crippen molar-refractivity contribution < 1.29 is 12.3 Å². The van der Waals surface area contributed by atoms with E-state index in [4.69, 9.17) is 12.3 Å². The van der Waals surface area contributed by atoms with Crippen molar-refractivity contribution in [1.82, 2.24) is 0 Å². The lowest BCUT2D eigenvalue weighted by Gasteiger charge is -2.42. The molecule has 0 atom stereocenters. The van der Waals surface area contributed by atoms with E-state index in [-0.39, 0.29) is 0 Å². The van der Waals surface area contributed by atoms with Gasteiger partial charge in [-0.05, 0) is 71.1 Å². The molecular formula is C12H34O3SSi4. The van der Waals surface area contributed by atoms with Crippen molar-refractivity contribution in [3.05, 3.63) is 0 Å². The van der Waals surface area contributed by atoms with Gasteiger partial charge in [0.05, 0.1) is 0 Å². The first-order chi connectivity index (χ1) is 8.68. The third-order valence-electron chi connectivity index (χ3n) is 2.03. The fourth-order valence-corrected chi connectivity index (χ4v) is 17.0. The Labute approximate surface area is 136 Å². The van der Waals surface area contributed by atoms with Gasteiger partial charge in [0, 0.05) is 6.04 Å². The Morgan fingerprint density at radius 2 is 0.950 bits per heavy atom. The molecule has 0 saturated carbocycles. The predicted molar refractivity (Wildman–Crippen MR) is 102 cm³/mol. The van der Waals surface area contributed by atoms with Crippen LogP contribution in [0.3, 0.4) is 0 Å². The lowest BCUT2D eigenvalue weighted by molar-refractivity contribution is 0.251. The topological polar surface area (TPSA) is 27.7 Å². The number of thiol groups is 1. The molecule has 0 aliphatic carbocycles. The van der Waals surface area contributed by atoms with Crippen molar-refractivity contribution in [2.24, 2.45) is 0 Å². The molecule has 8 heteroatoms. The van der Waals surface area contributed by atoms with E-state index in [9.17, 15) is 0 Å². The Morgan fingerprint density at radius 3 is 1.15 bits per heavy atom. The SMILES string of the molecule is C[Si](C)(C)O[Si](CCCS)(O[Si](C)(C)C)O[Si](C)(C)C. The fraction of sp³-hybridized carbons (Fsp3) is 1.00. The van der Waals surface area contributed by atoms with Crippen LogP contribution in [-0.4, -0.2) is 39.5 Å². The maximum Gasteiger partial charge on any atom is 0.469 e. The van der Waals surface area contributed by atoms with Crippen molar-refractivity contribution in [2.75, 3.05) is 5.75 Å². The molecule has 0 aromatic heterocycles. The van der Waals surface area contributed by atoms with Crippen molar-refractivity contribution in [3.8, 4) is 0 Å². The van der Waals surface area contributed by atoms with Crippen molar-refractivity contribution >= 4 is 46.4 Å². The maximum absolute atomic E-state index is 6.55. The second-order valence-corrected chi connectivity index (χ2v) is 25.6. The van der Waals surface area contributed by atoms with E-state index in [1.54, 1.807) is 0 Å². The largest absolute Gasteiger partial charge is 0.469 e. The molecule has 0 rings (SSSR count). The van der Waals surface area contributed by atoms with Gasteiger partial charge >= 0.3 is 8.80 Å². The summed E-state index contributed by atoms with van der Waals surface area (Å²) >= 11 is 4.36. The molecule has 20 heavy (non-hydrogen) atoms. The van der Waals surface area contributed by atoms with Gasteiger partial charge in [0.1, 0.15) is 0 Å². The molecule has 0 unspecified atom stereocenters. The van der Waals surface area contributed by atoms with Gasteiger partial charge in [0.25, 0.3) is 0 Å². The van der Waals surface area contributed by atoms with Crippen LogP contribution in [0.25, 0.3) is 0 Å². The summed E-state index contributed by atoms with van der Waals surface area (Å²) in [5.41, 5.74) is 0. The van der Waals surface area contributed by atoms with Crippen LogP contribution in [0.2, 0.25) is 65.0 Å². The molecule has 122 valence electrons. The third-order valence-corrected chi connectivity index (χ3v) is 14.4. The molecule has 0 amide bonds. The molecule has 0 spiro atoms. The summed E-state index contributed by atoms with van der Waals surface area (Å²) < 4.78 is 19.6. The molecule has 0 fully saturated rings. The standard InChI is InChI=1S/C12H34O3SSi4/c1-17(2,3)13-20(12-10-11-16,14-18(4,5)6)15-19(7,8)9/h16H,10-12H2,1-9H3. The van der Waals surface area contributed by atoms with E-state index >= 15 is 0 Å². The first-order valence-electron chi connectivity index (χ1n) is 7.39. The third kappa shape index (κ3) is 10.8. The smallest absolute Gasteiger partial charge is 0.417 e. The monoisotopic (exact) mass is 370 g/mol. The average Bonchev–Trinajstić information content (AvgIpc) is 2.05. The number of hydrogen-bond acceptors (Lipinski definition) is 4. The Bertz CT molecular complexity index is 254. The van der Waals surface area contributed by atoms with Crippen molar-refractivity contribution in [1.29, 1.82) is 0 Å². The quantitative estimate of drug-likeness (QED) is 0.466. The van der Waals surface area contributed by atoms with E-state index in [1.165, 1.54) is 0 Å². The highest BCUT2D eigenvalue weighted by Crippen LogP contribution is 2.29. The molecule has 0 aromatic rings. The molecule has 0 radical (unpaired) electrons. The van der Waals surface area contributed by atoms with Gasteiger partial charge < -0.3 is 12.3 Å². The summed E-state index contributed by atoms with van der Waals surface area (Å²) in [6, 6.07) is 0.898. The van der Waals surface area contributed by atoms with E-state index < -0.39 is 33.8 Å². The Kier molecular flexibility index (Phi) is 8.00. The Balaban J connectivity index is 5.38. The molecule has 0 aliphatic heterocycles. The van der Waals surface area contributed by atoms with Crippen LogP contribution in [0.4, 0.5) is 0 Å². The number of rotatable bonds is 9. The summed E-state index contributed by atoms with van der Waals surface area (Å²) in [5.74, 6) is 0.855. The van der Waals surface area contributed by atoms with Gasteiger partial charge in [-0.1, -0.05) is 0 Å². The Hall–Kier alpha value is 1.10. The molecular weight excluding hydrogens is 337 g/mol. The summed E-state index contributed by atoms with van der Waals surface area (Å²) in [6.45, 7) is 20.0. The second-order valence-electron chi connectivity index (χ2n) is 8.15. The fourth-order valence-electron chi connectivity index (χ4n) is 1.91. The van der Waals surface area contributed by atoms with Gasteiger partial charge in [-0.2, -0.15) is 12.6 Å². The van der Waals surface area contributed by atoms with Crippen LogP contribution in [0, 0.1) is 0 Å². The zero-order valence-electron chi connectivity index (χ0n) is 14.8. The zero-order valence-corrected chi connectivity index (χ0v) is 19.7. The highest BCUT2D eigenvalue weighted by Gasteiger charge is 2.49. The molecule has 0 bridgehead atoms. The predicted octanol–water partition coefficient (Wildman–Crippen LogP) is 4.80. The minimum Gasteiger partial charge on any atom is -0.417 e. The van der Waals surface area contributed by atoms with Crippen LogP contribution >= 0.6 is 12.6 Å². The van der Waals surface area contributed by atoms with Gasteiger partial charge in [0.2, 0.25) is 0 Å². The minimum atomic E-state index is -2.59. The van der Waals surface area contributed by atoms with E-state index in [2.05, 4.69) is 71.6 Å². The molecule has 0 aliphatic rings. The normalized spacial score (nSPS) is 14.7. The highest BCUT2D eigenvalue weighted by molar-refractivity contribution is 7.80. The van der Waals surface area contributed by atoms with E-state index in [1.807, 2.05) is 0 Å². The molecule has 0 heterocycles. The second kappa shape index (κ2) is 7.58. The van der Waals surface area contributed by atoms with Crippen LogP contribution in [0.5, 0.6) is 0 Å². The summed E-state index contributed by atoms with van der Waals surface area (Å²) in [4.78, 5) is 0. The zero-order chi connectivity index (χ0) is 16.2. The molecule has 0 N–H and O–H groups in total. The van der Waals surface area contributed by atoms with Gasteiger partial charge in [-0.3, -0.25) is 0 Å². The van der Waals surface area contributed by atoms with E-state index in [0.717, 1.165) is 18.2 Å². The van der Waals surface area contributed by atoms with Crippen LogP contribution in [0.15, 0.2) is 0 Å². The summed E-state index contributed by atoms with van der Waals surface area (Å²) in [6.07, 6.45) is 0.995. The maximum atomic E-state index is 6.55. The van der Waals surface area contributed by atoms with Crippen LogP contribution < -0.4 is 0 Å². The van der Waals surface area contributed by atoms with Gasteiger partial charge in [0.15, 0.2) is 25.0 Å². The van der Waals surface area contributed by atoms with Crippen molar-refractivity contribution in [2.45, 2.75) is 71.4 Å². The Morgan fingerprint density at radius 1 is 0.650 bits per heavy atom. The van der Waals surface area contributed by atoms with Crippen molar-refractivity contribution in [3.63, 3.8) is 0 Å². The van der Waals surface area contributed by atoms with Crippen LogP contribution in [0.1, 0.15) is 6.42 Å². The van der Waals surface area contributed by atoms with Gasteiger partial charge in [-0.25, -0.2) is 0 Å². The molecule has 0 aromatic carbocycles. The number of hydrogen-bond donors (Lipinski definition) is 1. The minimum absolute atomic E-state index is 0.855. The summed E-state index contributed by atoms with van der Waals surface area (Å²) in [7, 11) is -7.72. The molecule has 3 nitrogen and oxygen atoms in total. The first kappa shape index (κ1) is 21.1. The highest BCUT2D eigenvalue weighted by atomic mass is 32.1. The first-order valence-corrected chi connectivity index (χ1v) is 20.2. The lowest BCUT2D eigenvalue weighted by Crippen LogP contribution is -2.60. The average molecular weight is 371 g/mol. The van der Waals surface area contributed by atoms with Crippen LogP contribution in [-0.2, 0) is 12.3 Å². The van der Waals surface area contributed by atoms with E-state index in [0.29, 0.717) is 0 Å². The van der Waals surface area contributed by atoms with Gasteiger partial charge in [-0.15, -0.1) is 0 Å².